The van der Waals surface area contributed by atoms with Crippen molar-refractivity contribution in [3.8, 4) is 6.07 Å². The maximum absolute atomic E-state index is 14.1. The van der Waals surface area contributed by atoms with Crippen LogP contribution in [0.5, 0.6) is 0 Å². The zero-order chi connectivity index (χ0) is 23.4. The molecule has 0 fully saturated rings. The van der Waals surface area contributed by atoms with Crippen LogP contribution in [0.4, 0.5) is 10.1 Å². The van der Waals surface area contributed by atoms with E-state index in [9.17, 15) is 23.6 Å². The highest BCUT2D eigenvalue weighted by Gasteiger charge is 2.38. The second-order valence-corrected chi connectivity index (χ2v) is 7.39. The Morgan fingerprint density at radius 2 is 1.69 bits per heavy atom. The van der Waals surface area contributed by atoms with Crippen LogP contribution < -0.4 is 4.90 Å². The molecular formula is C21H14Cl2FN3O5. The number of esters is 1. The van der Waals surface area contributed by atoms with Crippen LogP contribution in [-0.2, 0) is 14.3 Å². The number of carbonyl (C=O) groups excluding carboxylic acids is 4. The molecule has 0 saturated heterocycles. The largest absolute Gasteiger partial charge is 0.454 e. The van der Waals surface area contributed by atoms with Crippen LogP contribution in [0.3, 0.4) is 0 Å². The summed E-state index contributed by atoms with van der Waals surface area (Å²) in [7, 11) is 0. The van der Waals surface area contributed by atoms with Crippen LogP contribution in [0.1, 0.15) is 27.1 Å². The monoisotopic (exact) mass is 477 g/mol. The Hall–Kier alpha value is -3.48. The van der Waals surface area contributed by atoms with Gasteiger partial charge in [-0.25, -0.2) is 4.39 Å². The number of hydrogen-bond acceptors (Lipinski definition) is 6. The third-order valence-corrected chi connectivity index (χ3v) is 5.27. The van der Waals surface area contributed by atoms with E-state index < -0.39 is 42.7 Å². The molecule has 8 nitrogen and oxygen atoms in total. The Labute approximate surface area is 191 Å². The zero-order valence-corrected chi connectivity index (χ0v) is 17.8. The van der Waals surface area contributed by atoms with Crippen molar-refractivity contribution in [3.63, 3.8) is 0 Å². The quantitative estimate of drug-likeness (QED) is 0.447. The van der Waals surface area contributed by atoms with E-state index in [0.717, 1.165) is 11.0 Å². The Balaban J connectivity index is 1.65. The highest BCUT2D eigenvalue weighted by molar-refractivity contribution is 6.43. The maximum atomic E-state index is 14.1. The molecule has 0 radical (unpaired) electrons. The predicted molar refractivity (Wildman–Crippen MR) is 112 cm³/mol. The number of halogens is 3. The van der Waals surface area contributed by atoms with Gasteiger partial charge in [0.2, 0.25) is 0 Å². The topological polar surface area (TPSA) is 108 Å². The van der Waals surface area contributed by atoms with Gasteiger partial charge in [-0.15, -0.1) is 0 Å². The molecule has 1 aliphatic heterocycles. The van der Waals surface area contributed by atoms with Gasteiger partial charge >= 0.3 is 5.97 Å². The molecule has 0 saturated carbocycles. The van der Waals surface area contributed by atoms with Crippen LogP contribution in [0.25, 0.3) is 0 Å². The number of imide groups is 1. The molecule has 3 rings (SSSR count). The summed E-state index contributed by atoms with van der Waals surface area (Å²) < 4.78 is 19.0. The van der Waals surface area contributed by atoms with Gasteiger partial charge in [0.15, 0.2) is 6.61 Å². The minimum absolute atomic E-state index is 0.00416. The second-order valence-electron chi connectivity index (χ2n) is 6.57. The van der Waals surface area contributed by atoms with Gasteiger partial charge < -0.3 is 9.64 Å². The summed E-state index contributed by atoms with van der Waals surface area (Å²) in [5.41, 5.74) is -0.0797. The van der Waals surface area contributed by atoms with Gasteiger partial charge in [0, 0.05) is 6.54 Å². The summed E-state index contributed by atoms with van der Waals surface area (Å²) in [5.74, 6) is -4.01. The van der Waals surface area contributed by atoms with E-state index in [4.69, 9.17) is 33.2 Å². The van der Waals surface area contributed by atoms with Gasteiger partial charge in [-0.2, -0.15) is 5.26 Å². The summed E-state index contributed by atoms with van der Waals surface area (Å²) in [4.78, 5) is 51.2. The van der Waals surface area contributed by atoms with Crippen LogP contribution in [0, 0.1) is 17.1 Å². The first-order valence-electron chi connectivity index (χ1n) is 9.17. The molecule has 1 aliphatic rings. The van der Waals surface area contributed by atoms with E-state index in [1.165, 1.54) is 30.3 Å². The van der Waals surface area contributed by atoms with E-state index in [1.807, 2.05) is 6.07 Å². The molecule has 0 N–H and O–H groups in total. The molecule has 0 spiro atoms. The summed E-state index contributed by atoms with van der Waals surface area (Å²) in [6.45, 7) is -1.64. The first kappa shape index (κ1) is 23.2. The van der Waals surface area contributed by atoms with Crippen molar-refractivity contribution in [2.24, 2.45) is 0 Å². The number of nitrogens with zero attached hydrogens (tertiary/aromatic N) is 3. The molecule has 2 aromatic carbocycles. The molecule has 2 aromatic rings. The molecular weight excluding hydrogens is 464 g/mol. The molecule has 0 unspecified atom stereocenters. The summed E-state index contributed by atoms with van der Waals surface area (Å²) in [6, 6.07) is 9.77. The van der Waals surface area contributed by atoms with Crippen molar-refractivity contribution in [2.45, 2.75) is 6.42 Å². The molecule has 0 aliphatic carbocycles. The highest BCUT2D eigenvalue weighted by atomic mass is 35.5. The SMILES string of the molecule is N#CCCN(C(=O)COC(=O)CN1C(=O)c2cc(Cl)c(Cl)cc2C1=O)c1ccccc1F. The fourth-order valence-corrected chi connectivity index (χ4v) is 3.36. The van der Waals surface area contributed by atoms with Crippen molar-refractivity contribution in [2.75, 3.05) is 24.6 Å². The predicted octanol–water partition coefficient (Wildman–Crippen LogP) is 3.22. The van der Waals surface area contributed by atoms with E-state index in [1.54, 1.807) is 0 Å². The highest BCUT2D eigenvalue weighted by Crippen LogP contribution is 2.31. The normalized spacial score (nSPS) is 12.4. The number of rotatable bonds is 7. The number of amides is 3. The van der Waals surface area contributed by atoms with Crippen molar-refractivity contribution in [1.29, 1.82) is 5.26 Å². The standard InChI is InChI=1S/C21H14Cl2FN3O5/c22-14-8-12-13(9-15(14)23)21(31)27(20(12)30)10-19(29)32-11-18(28)26(7-3-6-25)17-5-2-1-4-16(17)24/h1-2,4-5,8-9H,3,7,10-11H2. The van der Waals surface area contributed by atoms with Crippen LogP contribution >= 0.6 is 23.2 Å². The number of carbonyl (C=O) groups is 4. The van der Waals surface area contributed by atoms with E-state index in [2.05, 4.69) is 0 Å². The van der Waals surface area contributed by atoms with Gasteiger partial charge in [-0.05, 0) is 24.3 Å². The Morgan fingerprint density at radius 3 is 2.25 bits per heavy atom. The second kappa shape index (κ2) is 9.77. The number of ether oxygens (including phenoxy) is 1. The lowest BCUT2D eigenvalue weighted by molar-refractivity contribution is -0.148. The van der Waals surface area contributed by atoms with E-state index in [0.29, 0.717) is 4.90 Å². The lowest BCUT2D eigenvalue weighted by Crippen LogP contribution is -2.39. The average molecular weight is 478 g/mol. The molecule has 32 heavy (non-hydrogen) atoms. The number of para-hydroxylation sites is 1. The minimum Gasteiger partial charge on any atom is -0.454 e. The molecule has 0 aromatic heterocycles. The first-order chi connectivity index (χ1) is 15.2. The van der Waals surface area contributed by atoms with E-state index >= 15 is 0 Å². The smallest absolute Gasteiger partial charge is 0.326 e. The van der Waals surface area contributed by atoms with Gasteiger partial charge in [-0.1, -0.05) is 35.3 Å². The third kappa shape index (κ3) is 4.72. The van der Waals surface area contributed by atoms with Crippen LogP contribution in [-0.4, -0.2) is 48.3 Å². The molecule has 1 heterocycles. The molecule has 3 amide bonds. The van der Waals surface area contributed by atoms with Gasteiger partial charge in [0.1, 0.15) is 12.4 Å². The molecule has 0 atom stereocenters. The van der Waals surface area contributed by atoms with Crippen molar-refractivity contribution < 1.29 is 28.3 Å². The van der Waals surface area contributed by atoms with Gasteiger partial charge in [-0.3, -0.25) is 24.1 Å². The van der Waals surface area contributed by atoms with E-state index in [-0.39, 0.29) is 39.8 Å². The summed E-state index contributed by atoms with van der Waals surface area (Å²) in [5, 5.41) is 8.95. The molecule has 164 valence electrons. The van der Waals surface area contributed by atoms with Gasteiger partial charge in [0.05, 0.1) is 39.3 Å². The number of fused-ring (bicyclic) bond motifs is 1. The number of benzene rings is 2. The maximum Gasteiger partial charge on any atom is 0.326 e. The summed E-state index contributed by atoms with van der Waals surface area (Å²) in [6.07, 6.45) is -0.0752. The van der Waals surface area contributed by atoms with Crippen molar-refractivity contribution in [1.82, 2.24) is 4.90 Å². The molecule has 11 heteroatoms. The van der Waals surface area contributed by atoms with Crippen LogP contribution in [0.2, 0.25) is 10.0 Å². The fraction of sp³-hybridized carbons (Fsp3) is 0.190. The Bertz CT molecular complexity index is 1120. The third-order valence-electron chi connectivity index (χ3n) is 4.55. The van der Waals surface area contributed by atoms with Gasteiger partial charge in [0.25, 0.3) is 17.7 Å². The lowest BCUT2D eigenvalue weighted by atomic mass is 10.1. The number of anilines is 1. The van der Waals surface area contributed by atoms with Crippen LogP contribution in [0.15, 0.2) is 36.4 Å². The number of nitriles is 1. The summed E-state index contributed by atoms with van der Waals surface area (Å²) >= 11 is 11.8. The van der Waals surface area contributed by atoms with Crippen molar-refractivity contribution >= 4 is 52.6 Å². The average Bonchev–Trinajstić information content (AvgIpc) is 2.98. The first-order valence-corrected chi connectivity index (χ1v) is 9.93. The number of hydrogen-bond donors (Lipinski definition) is 0. The Morgan fingerprint density at radius 1 is 1.09 bits per heavy atom. The molecule has 0 bridgehead atoms. The zero-order valence-electron chi connectivity index (χ0n) is 16.3. The van der Waals surface area contributed by atoms with Crippen molar-refractivity contribution in [3.05, 3.63) is 63.4 Å². The minimum atomic E-state index is -1.03. The fourth-order valence-electron chi connectivity index (χ4n) is 3.03. The lowest BCUT2D eigenvalue weighted by Gasteiger charge is -2.22. The Kier molecular flexibility index (Phi) is 7.08.